The summed E-state index contributed by atoms with van der Waals surface area (Å²) in [5, 5.41) is 0. The molecule has 0 saturated carbocycles. The van der Waals surface area contributed by atoms with E-state index in [2.05, 4.69) is 11.6 Å². The minimum Gasteiger partial charge on any atom is -0.477 e. The van der Waals surface area contributed by atoms with Crippen molar-refractivity contribution in [2.24, 2.45) is 5.73 Å². The van der Waals surface area contributed by atoms with Gasteiger partial charge < -0.3 is 10.5 Å². The Hall–Kier alpha value is -1.35. The SMILES string of the molecule is C=C(C)CCOc1cccc(CN)n1. The predicted molar refractivity (Wildman–Crippen MR) is 57.1 cm³/mol. The zero-order chi connectivity index (χ0) is 10.4. The van der Waals surface area contributed by atoms with Crippen molar-refractivity contribution >= 4 is 0 Å². The third kappa shape index (κ3) is 3.58. The second-order valence-electron chi connectivity index (χ2n) is 3.23. The van der Waals surface area contributed by atoms with E-state index in [1.807, 2.05) is 25.1 Å². The molecule has 0 aliphatic rings. The lowest BCUT2D eigenvalue weighted by Crippen LogP contribution is -2.03. The summed E-state index contributed by atoms with van der Waals surface area (Å²) < 4.78 is 5.43. The fourth-order valence-corrected chi connectivity index (χ4v) is 0.981. The molecule has 1 rings (SSSR count). The smallest absolute Gasteiger partial charge is 0.213 e. The van der Waals surface area contributed by atoms with Crippen LogP contribution in [0.15, 0.2) is 30.4 Å². The summed E-state index contributed by atoms with van der Waals surface area (Å²) in [5.41, 5.74) is 7.42. The quantitative estimate of drug-likeness (QED) is 0.725. The number of ether oxygens (including phenoxy) is 1. The van der Waals surface area contributed by atoms with Crippen LogP contribution < -0.4 is 10.5 Å². The molecule has 0 bridgehead atoms. The van der Waals surface area contributed by atoms with Crippen molar-refractivity contribution in [2.75, 3.05) is 6.61 Å². The van der Waals surface area contributed by atoms with Crippen LogP contribution in [0, 0.1) is 0 Å². The Bertz CT molecular complexity index is 310. The van der Waals surface area contributed by atoms with E-state index in [1.165, 1.54) is 0 Å². The normalized spacial score (nSPS) is 9.86. The summed E-state index contributed by atoms with van der Waals surface area (Å²) in [6.45, 7) is 6.84. The first-order chi connectivity index (χ1) is 6.72. The third-order valence-electron chi connectivity index (χ3n) is 1.77. The van der Waals surface area contributed by atoms with Crippen LogP contribution in [0.3, 0.4) is 0 Å². The maximum absolute atomic E-state index is 5.46. The second kappa shape index (κ2) is 5.40. The highest BCUT2D eigenvalue weighted by Gasteiger charge is 1.96. The molecule has 0 spiro atoms. The Balaban J connectivity index is 2.46. The monoisotopic (exact) mass is 192 g/mol. The molecular formula is C11H16N2O. The van der Waals surface area contributed by atoms with Crippen molar-refractivity contribution in [3.05, 3.63) is 36.0 Å². The van der Waals surface area contributed by atoms with E-state index in [0.29, 0.717) is 19.0 Å². The summed E-state index contributed by atoms with van der Waals surface area (Å²) in [6, 6.07) is 5.61. The Morgan fingerprint density at radius 2 is 2.36 bits per heavy atom. The highest BCUT2D eigenvalue weighted by atomic mass is 16.5. The molecule has 0 aromatic carbocycles. The van der Waals surface area contributed by atoms with E-state index < -0.39 is 0 Å². The van der Waals surface area contributed by atoms with Gasteiger partial charge in [-0.15, -0.1) is 6.58 Å². The molecule has 1 heterocycles. The van der Waals surface area contributed by atoms with Gasteiger partial charge in [-0.3, -0.25) is 0 Å². The van der Waals surface area contributed by atoms with Crippen molar-refractivity contribution in [3.8, 4) is 5.88 Å². The molecular weight excluding hydrogens is 176 g/mol. The summed E-state index contributed by atoms with van der Waals surface area (Å²) in [7, 11) is 0. The number of nitrogens with two attached hydrogens (primary N) is 1. The number of pyridine rings is 1. The first-order valence-electron chi connectivity index (χ1n) is 4.65. The van der Waals surface area contributed by atoms with E-state index in [9.17, 15) is 0 Å². The molecule has 76 valence electrons. The summed E-state index contributed by atoms with van der Waals surface area (Å²) in [6.07, 6.45) is 0.856. The lowest BCUT2D eigenvalue weighted by Gasteiger charge is -2.05. The van der Waals surface area contributed by atoms with Crippen LogP contribution in [-0.4, -0.2) is 11.6 Å². The molecule has 3 heteroatoms. The average Bonchev–Trinajstić information content (AvgIpc) is 2.18. The fourth-order valence-electron chi connectivity index (χ4n) is 0.981. The van der Waals surface area contributed by atoms with Gasteiger partial charge in [0.1, 0.15) is 0 Å². The zero-order valence-corrected chi connectivity index (χ0v) is 8.49. The minimum atomic E-state index is 0.442. The Kier molecular flexibility index (Phi) is 4.13. The molecule has 14 heavy (non-hydrogen) atoms. The van der Waals surface area contributed by atoms with Gasteiger partial charge in [0.15, 0.2) is 0 Å². The molecule has 0 aliphatic heterocycles. The minimum absolute atomic E-state index is 0.442. The molecule has 3 nitrogen and oxygen atoms in total. The van der Waals surface area contributed by atoms with Crippen molar-refractivity contribution in [2.45, 2.75) is 19.9 Å². The van der Waals surface area contributed by atoms with Crippen LogP contribution in [0.2, 0.25) is 0 Å². The lowest BCUT2D eigenvalue weighted by molar-refractivity contribution is 0.308. The van der Waals surface area contributed by atoms with Gasteiger partial charge in [-0.2, -0.15) is 0 Å². The van der Waals surface area contributed by atoms with Gasteiger partial charge in [-0.25, -0.2) is 4.98 Å². The molecule has 0 fully saturated rings. The van der Waals surface area contributed by atoms with Crippen molar-refractivity contribution in [3.63, 3.8) is 0 Å². The summed E-state index contributed by atoms with van der Waals surface area (Å²) >= 11 is 0. The third-order valence-corrected chi connectivity index (χ3v) is 1.77. The molecule has 1 aromatic rings. The van der Waals surface area contributed by atoms with Crippen molar-refractivity contribution < 1.29 is 4.74 Å². The number of hydrogen-bond donors (Lipinski definition) is 1. The Morgan fingerprint density at radius 1 is 1.57 bits per heavy atom. The van der Waals surface area contributed by atoms with Crippen LogP contribution >= 0.6 is 0 Å². The standard InChI is InChI=1S/C11H16N2O/c1-9(2)6-7-14-11-5-3-4-10(8-12)13-11/h3-5H,1,6-8,12H2,2H3. The first-order valence-corrected chi connectivity index (χ1v) is 4.65. The first kappa shape index (κ1) is 10.7. The molecule has 0 unspecified atom stereocenters. The van der Waals surface area contributed by atoms with Crippen LogP contribution in [0.4, 0.5) is 0 Å². The van der Waals surface area contributed by atoms with Gasteiger partial charge >= 0.3 is 0 Å². The molecule has 0 aliphatic carbocycles. The van der Waals surface area contributed by atoms with E-state index in [0.717, 1.165) is 17.7 Å². The van der Waals surface area contributed by atoms with Gasteiger partial charge in [0.2, 0.25) is 5.88 Å². The highest BCUT2D eigenvalue weighted by molar-refractivity contribution is 5.15. The fraction of sp³-hybridized carbons (Fsp3) is 0.364. The Labute approximate surface area is 84.6 Å². The van der Waals surface area contributed by atoms with Crippen molar-refractivity contribution in [1.29, 1.82) is 0 Å². The maximum Gasteiger partial charge on any atom is 0.213 e. The van der Waals surface area contributed by atoms with Gasteiger partial charge in [-0.1, -0.05) is 11.6 Å². The predicted octanol–water partition coefficient (Wildman–Crippen LogP) is 1.89. The summed E-state index contributed by atoms with van der Waals surface area (Å²) in [4.78, 5) is 4.21. The largest absolute Gasteiger partial charge is 0.477 e. The average molecular weight is 192 g/mol. The van der Waals surface area contributed by atoms with E-state index in [4.69, 9.17) is 10.5 Å². The number of hydrogen-bond acceptors (Lipinski definition) is 3. The molecule has 0 saturated heterocycles. The molecule has 0 radical (unpaired) electrons. The van der Waals surface area contributed by atoms with E-state index in [1.54, 1.807) is 0 Å². The number of rotatable bonds is 5. The molecule has 1 aromatic heterocycles. The molecule has 0 amide bonds. The molecule has 0 atom stereocenters. The Morgan fingerprint density at radius 3 is 3.00 bits per heavy atom. The maximum atomic E-state index is 5.46. The van der Waals surface area contributed by atoms with Crippen LogP contribution in [0.5, 0.6) is 5.88 Å². The second-order valence-corrected chi connectivity index (χ2v) is 3.23. The van der Waals surface area contributed by atoms with Gasteiger partial charge in [-0.05, 0) is 13.0 Å². The van der Waals surface area contributed by atoms with Crippen LogP contribution in [0.1, 0.15) is 19.0 Å². The van der Waals surface area contributed by atoms with E-state index >= 15 is 0 Å². The topological polar surface area (TPSA) is 48.1 Å². The number of aromatic nitrogens is 1. The van der Waals surface area contributed by atoms with Gasteiger partial charge in [0.25, 0.3) is 0 Å². The zero-order valence-electron chi connectivity index (χ0n) is 8.49. The van der Waals surface area contributed by atoms with Gasteiger partial charge in [0.05, 0.1) is 12.3 Å². The molecule has 2 N–H and O–H groups in total. The lowest BCUT2D eigenvalue weighted by atomic mass is 10.3. The van der Waals surface area contributed by atoms with E-state index in [-0.39, 0.29) is 0 Å². The van der Waals surface area contributed by atoms with Gasteiger partial charge in [0, 0.05) is 19.0 Å². The van der Waals surface area contributed by atoms with Crippen molar-refractivity contribution in [1.82, 2.24) is 4.98 Å². The van der Waals surface area contributed by atoms with Crippen LogP contribution in [-0.2, 0) is 6.54 Å². The van der Waals surface area contributed by atoms with Crippen LogP contribution in [0.25, 0.3) is 0 Å². The number of nitrogens with zero attached hydrogens (tertiary/aromatic N) is 1. The summed E-state index contributed by atoms with van der Waals surface area (Å²) in [5.74, 6) is 0.634. The highest BCUT2D eigenvalue weighted by Crippen LogP contribution is 2.08.